The first-order valence-corrected chi connectivity index (χ1v) is 5.43. The standard InChI is InChI=1S/C4H8BrNO2S/c5-4-9(7,8)6-2-1-3-6/h1-4H2. The van der Waals surface area contributed by atoms with E-state index in [1.165, 1.54) is 4.31 Å². The van der Waals surface area contributed by atoms with Crippen molar-refractivity contribution >= 4 is 26.0 Å². The lowest BCUT2D eigenvalue weighted by atomic mass is 10.3. The Kier molecular flexibility index (Phi) is 2.13. The van der Waals surface area contributed by atoms with Crippen molar-refractivity contribution in [3.05, 3.63) is 0 Å². The first kappa shape index (κ1) is 7.50. The molecule has 0 aromatic heterocycles. The maximum atomic E-state index is 10.9. The summed E-state index contributed by atoms with van der Waals surface area (Å²) >= 11 is 2.92. The molecule has 0 aromatic carbocycles. The van der Waals surface area contributed by atoms with Gasteiger partial charge in [-0.25, -0.2) is 12.7 Å². The van der Waals surface area contributed by atoms with Crippen molar-refractivity contribution in [3.63, 3.8) is 0 Å². The first-order valence-electron chi connectivity index (χ1n) is 2.70. The second kappa shape index (κ2) is 2.56. The SMILES string of the molecule is O=S(=O)(CBr)N1CCC1. The molecule has 0 saturated carbocycles. The quantitative estimate of drug-likeness (QED) is 0.623. The molecule has 1 aliphatic heterocycles. The van der Waals surface area contributed by atoms with E-state index in [2.05, 4.69) is 15.9 Å². The Morgan fingerprint density at radius 1 is 1.44 bits per heavy atom. The molecule has 0 aromatic rings. The van der Waals surface area contributed by atoms with Gasteiger partial charge in [0.05, 0.1) is 0 Å². The fraction of sp³-hybridized carbons (Fsp3) is 1.00. The predicted octanol–water partition coefficient (Wildman–Crippen LogP) is 0.374. The molecule has 1 saturated heterocycles. The summed E-state index contributed by atoms with van der Waals surface area (Å²) in [5.41, 5.74) is 0. The van der Waals surface area contributed by atoms with Crippen LogP contribution in [0.3, 0.4) is 0 Å². The highest BCUT2D eigenvalue weighted by molar-refractivity contribution is 9.10. The van der Waals surface area contributed by atoms with Gasteiger partial charge >= 0.3 is 0 Å². The summed E-state index contributed by atoms with van der Waals surface area (Å²) < 4.78 is 23.3. The summed E-state index contributed by atoms with van der Waals surface area (Å²) in [5, 5.41) is 0. The Morgan fingerprint density at radius 2 is 2.00 bits per heavy atom. The van der Waals surface area contributed by atoms with Gasteiger partial charge in [-0.3, -0.25) is 0 Å². The number of alkyl halides is 1. The second-order valence-electron chi connectivity index (χ2n) is 1.97. The Balaban J connectivity index is 2.59. The van der Waals surface area contributed by atoms with Gasteiger partial charge in [-0.15, -0.1) is 0 Å². The highest BCUT2D eigenvalue weighted by Crippen LogP contribution is 2.13. The number of nitrogens with zero attached hydrogens (tertiary/aromatic N) is 1. The molecule has 1 aliphatic rings. The van der Waals surface area contributed by atoms with Gasteiger partial charge < -0.3 is 0 Å². The number of sulfonamides is 1. The number of halogens is 1. The van der Waals surface area contributed by atoms with E-state index in [0.29, 0.717) is 13.1 Å². The number of hydrogen-bond donors (Lipinski definition) is 0. The summed E-state index contributed by atoms with van der Waals surface area (Å²) in [7, 11) is -2.91. The molecule has 0 bridgehead atoms. The average molecular weight is 214 g/mol. The third-order valence-corrected chi connectivity index (χ3v) is 4.51. The molecule has 1 heterocycles. The van der Waals surface area contributed by atoms with E-state index < -0.39 is 10.0 Å². The molecule has 54 valence electrons. The Bertz CT molecular complexity index is 185. The van der Waals surface area contributed by atoms with Crippen LogP contribution >= 0.6 is 15.9 Å². The molecule has 0 atom stereocenters. The van der Waals surface area contributed by atoms with Crippen molar-refractivity contribution in [2.24, 2.45) is 0 Å². The Hall–Kier alpha value is 0.390. The highest BCUT2D eigenvalue weighted by atomic mass is 79.9. The van der Waals surface area contributed by atoms with Crippen molar-refractivity contribution < 1.29 is 8.42 Å². The summed E-state index contributed by atoms with van der Waals surface area (Å²) in [6.07, 6.45) is 1.01. The van der Waals surface area contributed by atoms with Crippen LogP contribution < -0.4 is 0 Å². The summed E-state index contributed by atoms with van der Waals surface area (Å²) in [6, 6.07) is 0. The largest absolute Gasteiger partial charge is 0.224 e. The van der Waals surface area contributed by atoms with Crippen LogP contribution in [0.15, 0.2) is 0 Å². The summed E-state index contributed by atoms with van der Waals surface area (Å²) in [5.74, 6) is 0. The molecule has 0 aliphatic carbocycles. The molecular formula is C4H8BrNO2S. The van der Waals surface area contributed by atoms with Crippen molar-refractivity contribution in [1.82, 2.24) is 4.31 Å². The normalized spacial score (nSPS) is 21.4. The van der Waals surface area contributed by atoms with E-state index in [1.54, 1.807) is 0 Å². The second-order valence-corrected chi connectivity index (χ2v) is 5.25. The van der Waals surface area contributed by atoms with Crippen molar-refractivity contribution in [1.29, 1.82) is 0 Å². The molecule has 1 fully saturated rings. The van der Waals surface area contributed by atoms with E-state index >= 15 is 0 Å². The van der Waals surface area contributed by atoms with Crippen LogP contribution in [0.5, 0.6) is 0 Å². The van der Waals surface area contributed by atoms with Crippen LogP contribution in [-0.2, 0) is 10.0 Å². The lowest BCUT2D eigenvalue weighted by molar-refractivity contribution is 0.311. The Labute approximate surface area is 63.2 Å². The van der Waals surface area contributed by atoms with E-state index in [9.17, 15) is 8.42 Å². The predicted molar refractivity (Wildman–Crippen MR) is 38.9 cm³/mol. The van der Waals surface area contributed by atoms with Crippen molar-refractivity contribution in [3.8, 4) is 0 Å². The van der Waals surface area contributed by atoms with Gasteiger partial charge in [-0.1, -0.05) is 15.9 Å². The van der Waals surface area contributed by atoms with Gasteiger partial charge in [-0.05, 0) is 6.42 Å². The molecule has 0 spiro atoms. The molecule has 0 N–H and O–H groups in total. The van der Waals surface area contributed by atoms with Crippen LogP contribution in [0.1, 0.15) is 6.42 Å². The fourth-order valence-electron chi connectivity index (χ4n) is 0.634. The zero-order valence-corrected chi connectivity index (χ0v) is 7.28. The maximum Gasteiger partial charge on any atom is 0.224 e. The minimum atomic E-state index is -2.91. The molecule has 5 heteroatoms. The van der Waals surface area contributed by atoms with Crippen LogP contribution in [-0.4, -0.2) is 30.5 Å². The topological polar surface area (TPSA) is 37.4 Å². The minimum absolute atomic E-state index is 0.0556. The highest BCUT2D eigenvalue weighted by Gasteiger charge is 2.25. The summed E-state index contributed by atoms with van der Waals surface area (Å²) in [4.78, 5) is 0. The van der Waals surface area contributed by atoms with Gasteiger partial charge in [0.1, 0.15) is 4.66 Å². The van der Waals surface area contributed by atoms with Crippen LogP contribution in [0.2, 0.25) is 0 Å². The van der Waals surface area contributed by atoms with E-state index in [0.717, 1.165) is 6.42 Å². The smallest absolute Gasteiger partial charge is 0.211 e. The van der Waals surface area contributed by atoms with E-state index in [1.807, 2.05) is 0 Å². The van der Waals surface area contributed by atoms with Crippen molar-refractivity contribution in [2.75, 3.05) is 17.8 Å². The number of rotatable bonds is 2. The van der Waals surface area contributed by atoms with Gasteiger partial charge in [0, 0.05) is 13.1 Å². The molecule has 0 radical (unpaired) electrons. The monoisotopic (exact) mass is 213 g/mol. The third-order valence-electron chi connectivity index (χ3n) is 1.35. The molecule has 0 amide bonds. The van der Waals surface area contributed by atoms with E-state index in [4.69, 9.17) is 0 Å². The van der Waals surface area contributed by atoms with E-state index in [-0.39, 0.29) is 4.66 Å². The van der Waals surface area contributed by atoms with Gasteiger partial charge in [0.2, 0.25) is 10.0 Å². The summed E-state index contributed by atoms with van der Waals surface area (Å²) in [6.45, 7) is 1.40. The first-order chi connectivity index (χ1) is 4.17. The van der Waals surface area contributed by atoms with Crippen LogP contribution in [0, 0.1) is 0 Å². The number of hydrogen-bond acceptors (Lipinski definition) is 2. The average Bonchev–Trinajstić information content (AvgIpc) is 1.60. The van der Waals surface area contributed by atoms with Crippen molar-refractivity contribution in [2.45, 2.75) is 6.42 Å². The van der Waals surface area contributed by atoms with Gasteiger partial charge in [0.15, 0.2) is 0 Å². The molecular weight excluding hydrogens is 206 g/mol. The zero-order chi connectivity index (χ0) is 6.91. The third kappa shape index (κ3) is 1.45. The van der Waals surface area contributed by atoms with Crippen LogP contribution in [0.25, 0.3) is 0 Å². The van der Waals surface area contributed by atoms with Gasteiger partial charge in [0.25, 0.3) is 0 Å². The fourth-order valence-corrected chi connectivity index (χ4v) is 2.46. The molecule has 0 unspecified atom stereocenters. The zero-order valence-electron chi connectivity index (χ0n) is 4.88. The minimum Gasteiger partial charge on any atom is -0.211 e. The Morgan fingerprint density at radius 3 is 2.11 bits per heavy atom. The maximum absolute atomic E-state index is 10.9. The molecule has 3 nitrogen and oxygen atoms in total. The molecule has 9 heavy (non-hydrogen) atoms. The lowest BCUT2D eigenvalue weighted by Gasteiger charge is -2.28. The van der Waals surface area contributed by atoms with Gasteiger partial charge in [-0.2, -0.15) is 0 Å². The lowest BCUT2D eigenvalue weighted by Crippen LogP contribution is -2.42. The molecule has 1 rings (SSSR count). The van der Waals surface area contributed by atoms with Crippen LogP contribution in [0.4, 0.5) is 0 Å².